The molecule has 0 atom stereocenters. The number of hydrogen-bond acceptors (Lipinski definition) is 7. The van der Waals surface area contributed by atoms with Gasteiger partial charge in [-0.1, -0.05) is 43.0 Å². The highest BCUT2D eigenvalue weighted by Crippen LogP contribution is 2.34. The molecule has 1 aliphatic rings. The van der Waals surface area contributed by atoms with E-state index in [2.05, 4.69) is 16.7 Å². The first-order valence-corrected chi connectivity index (χ1v) is 11.4. The average Bonchev–Trinajstić information content (AvgIpc) is 2.87. The van der Waals surface area contributed by atoms with E-state index < -0.39 is 29.9 Å². The van der Waals surface area contributed by atoms with Gasteiger partial charge < -0.3 is 24.8 Å². The van der Waals surface area contributed by atoms with Crippen LogP contribution < -0.4 is 20.1 Å². The van der Waals surface area contributed by atoms with E-state index in [1.54, 1.807) is 18.2 Å². The van der Waals surface area contributed by atoms with Crippen molar-refractivity contribution >= 4 is 35.1 Å². The normalized spacial score (nSPS) is 14.2. The first-order chi connectivity index (χ1) is 16.8. The number of nitrogens with one attached hydrogen (secondary N) is 2. The Labute approximate surface area is 208 Å². The van der Waals surface area contributed by atoms with E-state index in [4.69, 9.17) is 25.8 Å². The van der Waals surface area contributed by atoms with Crippen molar-refractivity contribution in [1.82, 2.24) is 5.32 Å². The Morgan fingerprint density at radius 1 is 1.03 bits per heavy atom. The second kappa shape index (κ2) is 11.6. The number of methoxy groups -OCH3 is 2. The molecule has 0 aromatic heterocycles. The van der Waals surface area contributed by atoms with Gasteiger partial charge in [0.25, 0.3) is 11.8 Å². The maximum Gasteiger partial charge on any atom is 0.340 e. The van der Waals surface area contributed by atoms with Gasteiger partial charge in [-0.3, -0.25) is 9.59 Å². The zero-order valence-corrected chi connectivity index (χ0v) is 20.2. The van der Waals surface area contributed by atoms with Gasteiger partial charge in [0, 0.05) is 12.1 Å². The maximum atomic E-state index is 12.9. The van der Waals surface area contributed by atoms with Crippen molar-refractivity contribution in [3.63, 3.8) is 0 Å². The SMILES string of the molecule is COc1cc(NC(=O)c2ccccc2Cl)c(C(=O)OCC(=O)NC2(C#N)CCCCC2)cc1OC. The number of carbonyl (C=O) groups excluding carboxylic acids is 3. The molecule has 0 spiro atoms. The Kier molecular flexibility index (Phi) is 8.55. The average molecular weight is 500 g/mol. The van der Waals surface area contributed by atoms with Crippen molar-refractivity contribution in [3.8, 4) is 17.6 Å². The Bertz CT molecular complexity index is 1150. The van der Waals surface area contributed by atoms with E-state index in [1.807, 2.05) is 0 Å². The Morgan fingerprint density at radius 3 is 2.31 bits per heavy atom. The highest BCUT2D eigenvalue weighted by molar-refractivity contribution is 6.34. The molecule has 2 N–H and O–H groups in total. The van der Waals surface area contributed by atoms with Crippen LogP contribution in [0.15, 0.2) is 36.4 Å². The van der Waals surface area contributed by atoms with E-state index in [0.29, 0.717) is 12.8 Å². The van der Waals surface area contributed by atoms with Crippen molar-refractivity contribution in [2.75, 3.05) is 26.1 Å². The Balaban J connectivity index is 1.79. The molecule has 3 rings (SSSR count). The third-order valence-electron chi connectivity index (χ3n) is 5.74. The van der Waals surface area contributed by atoms with Gasteiger partial charge in [-0.05, 0) is 25.0 Å². The van der Waals surface area contributed by atoms with Crippen LogP contribution in [-0.2, 0) is 9.53 Å². The number of hydrogen-bond donors (Lipinski definition) is 2. The molecule has 184 valence electrons. The molecular formula is C25H26ClN3O6. The molecule has 2 aromatic carbocycles. The van der Waals surface area contributed by atoms with Crippen LogP contribution in [0.25, 0.3) is 0 Å². The van der Waals surface area contributed by atoms with E-state index in [1.165, 1.54) is 32.4 Å². The molecule has 0 aliphatic heterocycles. The molecule has 0 saturated heterocycles. The van der Waals surface area contributed by atoms with E-state index in [0.717, 1.165) is 19.3 Å². The summed E-state index contributed by atoms with van der Waals surface area (Å²) in [4.78, 5) is 38.2. The molecule has 1 fully saturated rings. The zero-order chi connectivity index (χ0) is 25.4. The number of nitriles is 1. The van der Waals surface area contributed by atoms with Crippen LogP contribution in [0.5, 0.6) is 11.5 Å². The van der Waals surface area contributed by atoms with Gasteiger partial charge in [-0.25, -0.2) is 4.79 Å². The number of ether oxygens (including phenoxy) is 3. The highest BCUT2D eigenvalue weighted by Gasteiger charge is 2.34. The lowest BCUT2D eigenvalue weighted by Gasteiger charge is -2.31. The number of esters is 1. The number of nitrogens with zero attached hydrogens (tertiary/aromatic N) is 1. The molecule has 9 nitrogen and oxygen atoms in total. The predicted octanol–water partition coefficient (Wildman–Crippen LogP) is 4.11. The summed E-state index contributed by atoms with van der Waals surface area (Å²) in [6, 6.07) is 11.4. The lowest BCUT2D eigenvalue weighted by molar-refractivity contribution is -0.125. The van der Waals surface area contributed by atoms with Crippen LogP contribution in [-0.4, -0.2) is 44.1 Å². The number of rotatable bonds is 8. The summed E-state index contributed by atoms with van der Waals surface area (Å²) in [6.07, 6.45) is 3.80. The maximum absolute atomic E-state index is 12.9. The smallest absolute Gasteiger partial charge is 0.340 e. The highest BCUT2D eigenvalue weighted by atomic mass is 35.5. The van der Waals surface area contributed by atoms with E-state index in [-0.39, 0.29) is 33.3 Å². The first-order valence-electron chi connectivity index (χ1n) is 11.0. The molecule has 35 heavy (non-hydrogen) atoms. The van der Waals surface area contributed by atoms with Gasteiger partial charge in [-0.2, -0.15) is 5.26 Å². The van der Waals surface area contributed by atoms with Crippen molar-refractivity contribution in [3.05, 3.63) is 52.5 Å². The van der Waals surface area contributed by atoms with Gasteiger partial charge in [-0.15, -0.1) is 0 Å². The second-order valence-electron chi connectivity index (χ2n) is 8.07. The molecule has 10 heteroatoms. The van der Waals surface area contributed by atoms with Gasteiger partial charge in [0.15, 0.2) is 18.1 Å². The van der Waals surface area contributed by atoms with E-state index >= 15 is 0 Å². The number of amides is 2. The minimum Gasteiger partial charge on any atom is -0.493 e. The van der Waals surface area contributed by atoms with Crippen LogP contribution in [0.4, 0.5) is 5.69 Å². The molecule has 0 bridgehead atoms. The summed E-state index contributed by atoms with van der Waals surface area (Å²) in [5, 5.41) is 15.1. The molecular weight excluding hydrogens is 474 g/mol. The van der Waals surface area contributed by atoms with E-state index in [9.17, 15) is 19.6 Å². The molecule has 2 amide bonds. The fraction of sp³-hybridized carbons (Fsp3) is 0.360. The van der Waals surface area contributed by atoms with Crippen molar-refractivity contribution < 1.29 is 28.6 Å². The lowest BCUT2D eigenvalue weighted by atomic mass is 9.83. The summed E-state index contributed by atoms with van der Waals surface area (Å²) < 4.78 is 15.8. The van der Waals surface area contributed by atoms with Crippen LogP contribution in [0.1, 0.15) is 52.8 Å². The zero-order valence-electron chi connectivity index (χ0n) is 19.5. The largest absolute Gasteiger partial charge is 0.493 e. The standard InChI is InChI=1S/C25H26ClN3O6/c1-33-20-12-17(24(32)35-14-22(30)29-25(15-27)10-6-3-7-11-25)19(13-21(20)34-2)28-23(31)16-8-4-5-9-18(16)26/h4-5,8-9,12-13H,3,6-7,10-11,14H2,1-2H3,(H,28,31)(H,29,30). The summed E-state index contributed by atoms with van der Waals surface area (Å²) in [5.41, 5.74) is -0.710. The molecule has 1 saturated carbocycles. The fourth-order valence-electron chi connectivity index (χ4n) is 3.92. The van der Waals surface area contributed by atoms with Gasteiger partial charge >= 0.3 is 5.97 Å². The van der Waals surface area contributed by atoms with Crippen LogP contribution >= 0.6 is 11.6 Å². The third kappa shape index (κ3) is 6.22. The minimum absolute atomic E-state index is 0.0523. The molecule has 2 aromatic rings. The van der Waals surface area contributed by atoms with Gasteiger partial charge in [0.2, 0.25) is 0 Å². The van der Waals surface area contributed by atoms with Crippen molar-refractivity contribution in [2.24, 2.45) is 0 Å². The summed E-state index contributed by atoms with van der Waals surface area (Å²) >= 11 is 6.12. The van der Waals surface area contributed by atoms with Crippen LogP contribution in [0.3, 0.4) is 0 Å². The van der Waals surface area contributed by atoms with Crippen LogP contribution in [0, 0.1) is 11.3 Å². The minimum atomic E-state index is -0.945. The number of benzene rings is 2. The number of anilines is 1. The quantitative estimate of drug-likeness (QED) is 0.523. The number of halogens is 1. The van der Waals surface area contributed by atoms with Gasteiger partial charge in [0.1, 0.15) is 5.54 Å². The topological polar surface area (TPSA) is 127 Å². The molecule has 0 radical (unpaired) electrons. The Morgan fingerprint density at radius 2 is 1.69 bits per heavy atom. The van der Waals surface area contributed by atoms with Gasteiger partial charge in [0.05, 0.1) is 42.1 Å². The third-order valence-corrected chi connectivity index (χ3v) is 6.07. The summed E-state index contributed by atoms with van der Waals surface area (Å²) in [5.74, 6) is -1.51. The monoisotopic (exact) mass is 499 g/mol. The number of carbonyl (C=O) groups is 3. The first kappa shape index (κ1) is 25.8. The van der Waals surface area contributed by atoms with Crippen molar-refractivity contribution in [2.45, 2.75) is 37.6 Å². The summed E-state index contributed by atoms with van der Waals surface area (Å²) in [6.45, 7) is -0.589. The second-order valence-corrected chi connectivity index (χ2v) is 8.47. The molecule has 0 unspecified atom stereocenters. The van der Waals surface area contributed by atoms with Crippen molar-refractivity contribution in [1.29, 1.82) is 5.26 Å². The van der Waals surface area contributed by atoms with Crippen LogP contribution in [0.2, 0.25) is 5.02 Å². The Hall–Kier alpha value is -3.77. The molecule has 1 aliphatic carbocycles. The fourth-order valence-corrected chi connectivity index (χ4v) is 4.14. The predicted molar refractivity (Wildman–Crippen MR) is 129 cm³/mol. The molecule has 0 heterocycles. The lowest BCUT2D eigenvalue weighted by Crippen LogP contribution is -2.50. The summed E-state index contributed by atoms with van der Waals surface area (Å²) in [7, 11) is 2.81.